The van der Waals surface area contributed by atoms with E-state index in [0.717, 1.165) is 43.2 Å². The summed E-state index contributed by atoms with van der Waals surface area (Å²) in [6, 6.07) is 6.37. The SMILES string of the molecule is CN(Cc1nnc(C2CC(N)C2)n1C)Cc1cnc2ccccn12. The van der Waals surface area contributed by atoms with Gasteiger partial charge in [-0.25, -0.2) is 4.98 Å². The molecule has 7 nitrogen and oxygen atoms in total. The van der Waals surface area contributed by atoms with Gasteiger partial charge in [-0.1, -0.05) is 6.07 Å². The second kappa shape index (κ2) is 5.99. The normalized spacial score (nSPS) is 20.7. The topological polar surface area (TPSA) is 77.3 Å². The fourth-order valence-electron chi connectivity index (χ4n) is 3.42. The van der Waals surface area contributed by atoms with Crippen LogP contribution in [0, 0.1) is 0 Å². The number of rotatable bonds is 5. The van der Waals surface area contributed by atoms with E-state index in [4.69, 9.17) is 5.73 Å². The number of nitrogens with two attached hydrogens (primary N) is 1. The minimum Gasteiger partial charge on any atom is -0.328 e. The first-order chi connectivity index (χ1) is 11.6. The lowest BCUT2D eigenvalue weighted by atomic mass is 9.80. The fourth-order valence-corrected chi connectivity index (χ4v) is 3.42. The Morgan fingerprint density at radius 1 is 1.25 bits per heavy atom. The molecule has 7 heteroatoms. The smallest absolute Gasteiger partial charge is 0.146 e. The highest BCUT2D eigenvalue weighted by Gasteiger charge is 2.31. The molecule has 0 aromatic carbocycles. The van der Waals surface area contributed by atoms with E-state index >= 15 is 0 Å². The van der Waals surface area contributed by atoms with Crippen LogP contribution < -0.4 is 5.73 Å². The molecule has 0 saturated heterocycles. The van der Waals surface area contributed by atoms with Crippen molar-refractivity contribution in [3.8, 4) is 0 Å². The molecule has 126 valence electrons. The lowest BCUT2D eigenvalue weighted by Crippen LogP contribution is -2.36. The summed E-state index contributed by atoms with van der Waals surface area (Å²) >= 11 is 0. The molecule has 1 fully saturated rings. The first-order valence-electron chi connectivity index (χ1n) is 8.35. The number of imidazole rings is 1. The maximum Gasteiger partial charge on any atom is 0.146 e. The lowest BCUT2D eigenvalue weighted by Gasteiger charge is -2.31. The van der Waals surface area contributed by atoms with Gasteiger partial charge in [0.2, 0.25) is 0 Å². The van der Waals surface area contributed by atoms with Gasteiger partial charge in [-0.2, -0.15) is 0 Å². The second-order valence-electron chi connectivity index (χ2n) is 6.81. The fraction of sp³-hybridized carbons (Fsp3) is 0.471. The Morgan fingerprint density at radius 2 is 2.08 bits per heavy atom. The lowest BCUT2D eigenvalue weighted by molar-refractivity contribution is 0.298. The zero-order valence-electron chi connectivity index (χ0n) is 14.1. The van der Waals surface area contributed by atoms with Crippen molar-refractivity contribution in [2.75, 3.05) is 7.05 Å². The van der Waals surface area contributed by atoms with Crippen molar-refractivity contribution in [1.82, 2.24) is 29.0 Å². The second-order valence-corrected chi connectivity index (χ2v) is 6.81. The number of hydrogen-bond donors (Lipinski definition) is 1. The van der Waals surface area contributed by atoms with E-state index in [1.54, 1.807) is 0 Å². The molecule has 0 unspecified atom stereocenters. The Bertz CT molecular complexity index is 844. The maximum absolute atomic E-state index is 5.89. The van der Waals surface area contributed by atoms with E-state index < -0.39 is 0 Å². The number of pyridine rings is 1. The molecule has 3 aromatic heterocycles. The zero-order valence-corrected chi connectivity index (χ0v) is 14.1. The summed E-state index contributed by atoms with van der Waals surface area (Å²) in [6.07, 6.45) is 6.02. The highest BCUT2D eigenvalue weighted by molar-refractivity contribution is 5.39. The van der Waals surface area contributed by atoms with Gasteiger partial charge in [-0.05, 0) is 32.0 Å². The van der Waals surface area contributed by atoms with Gasteiger partial charge in [-0.15, -0.1) is 10.2 Å². The summed E-state index contributed by atoms with van der Waals surface area (Å²) in [5.74, 6) is 2.52. The molecule has 1 aliphatic carbocycles. The van der Waals surface area contributed by atoms with Crippen LogP contribution in [-0.2, 0) is 20.1 Å². The van der Waals surface area contributed by atoms with Crippen molar-refractivity contribution in [2.45, 2.75) is 37.9 Å². The van der Waals surface area contributed by atoms with Crippen molar-refractivity contribution in [3.63, 3.8) is 0 Å². The van der Waals surface area contributed by atoms with E-state index in [0.29, 0.717) is 12.0 Å². The molecule has 0 amide bonds. The van der Waals surface area contributed by atoms with Gasteiger partial charge in [0.05, 0.1) is 18.4 Å². The molecule has 4 rings (SSSR count). The quantitative estimate of drug-likeness (QED) is 0.765. The van der Waals surface area contributed by atoms with E-state index in [1.807, 2.05) is 30.6 Å². The third-order valence-electron chi connectivity index (χ3n) is 4.88. The van der Waals surface area contributed by atoms with Crippen LogP contribution in [0.5, 0.6) is 0 Å². The molecule has 1 saturated carbocycles. The third kappa shape index (κ3) is 2.70. The Morgan fingerprint density at radius 3 is 2.88 bits per heavy atom. The van der Waals surface area contributed by atoms with Gasteiger partial charge in [0.15, 0.2) is 0 Å². The first kappa shape index (κ1) is 15.3. The van der Waals surface area contributed by atoms with Crippen LogP contribution in [0.1, 0.15) is 36.1 Å². The highest BCUT2D eigenvalue weighted by atomic mass is 15.3. The molecule has 0 atom stereocenters. The van der Waals surface area contributed by atoms with Crippen molar-refractivity contribution >= 4 is 5.65 Å². The summed E-state index contributed by atoms with van der Waals surface area (Å²) in [6.45, 7) is 1.56. The van der Waals surface area contributed by atoms with Crippen LogP contribution in [0.3, 0.4) is 0 Å². The van der Waals surface area contributed by atoms with Gasteiger partial charge in [0, 0.05) is 31.7 Å². The molecule has 2 N–H and O–H groups in total. The molecule has 0 spiro atoms. The van der Waals surface area contributed by atoms with Crippen LogP contribution in [0.25, 0.3) is 5.65 Å². The van der Waals surface area contributed by atoms with Gasteiger partial charge >= 0.3 is 0 Å². The minimum atomic E-state index is 0.327. The maximum atomic E-state index is 5.89. The third-order valence-corrected chi connectivity index (χ3v) is 4.88. The Labute approximate surface area is 141 Å². The molecule has 3 heterocycles. The van der Waals surface area contributed by atoms with Crippen molar-refractivity contribution in [3.05, 3.63) is 47.9 Å². The first-order valence-corrected chi connectivity index (χ1v) is 8.35. The van der Waals surface area contributed by atoms with Crippen LogP contribution in [0.15, 0.2) is 30.6 Å². The van der Waals surface area contributed by atoms with E-state index in [2.05, 4.69) is 43.1 Å². The predicted octanol–water partition coefficient (Wildman–Crippen LogP) is 1.30. The molecule has 0 radical (unpaired) electrons. The van der Waals surface area contributed by atoms with Gasteiger partial charge in [0.1, 0.15) is 17.3 Å². The molecule has 3 aromatic rings. The molecule has 1 aliphatic rings. The summed E-state index contributed by atoms with van der Waals surface area (Å²) in [5, 5.41) is 8.77. The molecule has 24 heavy (non-hydrogen) atoms. The summed E-state index contributed by atoms with van der Waals surface area (Å²) < 4.78 is 4.25. The summed E-state index contributed by atoms with van der Waals surface area (Å²) in [7, 11) is 4.15. The van der Waals surface area contributed by atoms with E-state index in [9.17, 15) is 0 Å². The standard InChI is InChI=1S/C17H23N7/c1-22(10-14-9-19-15-5-3-4-6-24(14)15)11-16-20-21-17(23(16)2)12-7-13(18)8-12/h3-6,9,12-13H,7-8,10-11,18H2,1-2H3. The molecular formula is C17H23N7. The largest absolute Gasteiger partial charge is 0.328 e. The zero-order chi connectivity index (χ0) is 16.7. The average molecular weight is 325 g/mol. The van der Waals surface area contributed by atoms with Crippen LogP contribution in [0.2, 0.25) is 0 Å². The molecule has 0 bridgehead atoms. The average Bonchev–Trinajstić information content (AvgIpc) is 3.10. The number of nitrogens with zero attached hydrogens (tertiary/aromatic N) is 6. The monoisotopic (exact) mass is 325 g/mol. The van der Waals surface area contributed by atoms with E-state index in [1.165, 1.54) is 5.69 Å². The highest BCUT2D eigenvalue weighted by Crippen LogP contribution is 2.34. The van der Waals surface area contributed by atoms with Crippen LogP contribution in [-0.4, -0.2) is 42.1 Å². The van der Waals surface area contributed by atoms with Gasteiger partial charge in [-0.3, -0.25) is 4.90 Å². The van der Waals surface area contributed by atoms with Gasteiger partial charge in [0.25, 0.3) is 0 Å². The number of aromatic nitrogens is 5. The van der Waals surface area contributed by atoms with Crippen molar-refractivity contribution in [1.29, 1.82) is 0 Å². The van der Waals surface area contributed by atoms with Crippen molar-refractivity contribution < 1.29 is 0 Å². The Hall–Kier alpha value is -2.25. The number of fused-ring (bicyclic) bond motifs is 1. The van der Waals surface area contributed by atoms with Crippen LogP contribution >= 0.6 is 0 Å². The van der Waals surface area contributed by atoms with Crippen LogP contribution in [0.4, 0.5) is 0 Å². The Balaban J connectivity index is 1.45. The van der Waals surface area contributed by atoms with E-state index in [-0.39, 0.29) is 0 Å². The van der Waals surface area contributed by atoms with Gasteiger partial charge < -0.3 is 14.7 Å². The minimum absolute atomic E-state index is 0.327. The molecule has 0 aliphatic heterocycles. The Kier molecular flexibility index (Phi) is 3.82. The predicted molar refractivity (Wildman–Crippen MR) is 91.3 cm³/mol. The summed E-state index contributed by atoms with van der Waals surface area (Å²) in [5.41, 5.74) is 8.03. The summed E-state index contributed by atoms with van der Waals surface area (Å²) in [4.78, 5) is 6.67. The van der Waals surface area contributed by atoms with Crippen molar-refractivity contribution in [2.24, 2.45) is 12.8 Å². The number of hydrogen-bond acceptors (Lipinski definition) is 5. The molecular weight excluding hydrogens is 302 g/mol.